The Morgan fingerprint density at radius 1 is 1.50 bits per heavy atom. The molecule has 0 bridgehead atoms. The fourth-order valence-corrected chi connectivity index (χ4v) is 2.21. The fraction of sp³-hybridized carbons (Fsp3) is 0.538. The van der Waals surface area contributed by atoms with Crippen LogP contribution in [-0.4, -0.2) is 31.5 Å². The lowest BCUT2D eigenvalue weighted by atomic mass is 10.1. The van der Waals surface area contributed by atoms with Crippen LogP contribution in [0, 0.1) is 0 Å². The second-order valence-electron chi connectivity index (χ2n) is 4.37. The van der Waals surface area contributed by atoms with Crippen LogP contribution in [0.2, 0.25) is 0 Å². The summed E-state index contributed by atoms with van der Waals surface area (Å²) in [5.41, 5.74) is 3.02. The van der Waals surface area contributed by atoms with Crippen molar-refractivity contribution in [2.45, 2.75) is 25.5 Å². The smallest absolute Gasteiger partial charge is 0.165 e. The zero-order valence-electron chi connectivity index (χ0n) is 10.6. The second kappa shape index (κ2) is 6.58. The van der Waals surface area contributed by atoms with Crippen LogP contribution in [0.1, 0.15) is 18.4 Å². The second-order valence-corrected chi connectivity index (χ2v) is 4.37. The molecule has 0 saturated carbocycles. The minimum atomic E-state index is 0.185. The molecule has 1 aliphatic heterocycles. The average molecular weight is 252 g/mol. The standard InChI is InChI=1S/C13H20N2O3/c1-17-13-10(8-15-16)4-2-6-12(13)18-11-5-3-7-14-9-11/h2,4,6,11,14-16H,3,5,7-9H2,1H3. The van der Waals surface area contributed by atoms with E-state index in [4.69, 9.17) is 14.7 Å². The molecule has 5 nitrogen and oxygen atoms in total. The SMILES string of the molecule is COc1c(CNO)cccc1OC1CCCNC1. The lowest BCUT2D eigenvalue weighted by molar-refractivity contribution is 0.154. The van der Waals surface area contributed by atoms with E-state index in [2.05, 4.69) is 10.8 Å². The summed E-state index contributed by atoms with van der Waals surface area (Å²) in [5.74, 6) is 1.42. The van der Waals surface area contributed by atoms with Gasteiger partial charge in [-0.25, -0.2) is 5.48 Å². The molecule has 2 rings (SSSR count). The third-order valence-electron chi connectivity index (χ3n) is 3.08. The number of benzene rings is 1. The first-order valence-corrected chi connectivity index (χ1v) is 6.25. The van der Waals surface area contributed by atoms with Crippen molar-refractivity contribution >= 4 is 0 Å². The predicted octanol–water partition coefficient (Wildman–Crippen LogP) is 1.30. The van der Waals surface area contributed by atoms with Gasteiger partial charge in [0, 0.05) is 18.7 Å². The number of rotatable bonds is 5. The number of ether oxygens (including phenoxy) is 2. The Hall–Kier alpha value is -1.30. The number of hydroxylamine groups is 1. The average Bonchev–Trinajstić information content (AvgIpc) is 2.41. The summed E-state index contributed by atoms with van der Waals surface area (Å²) in [6.45, 7) is 2.26. The number of nitrogens with one attached hydrogen (secondary N) is 2. The van der Waals surface area contributed by atoms with Crippen LogP contribution in [-0.2, 0) is 6.54 Å². The topological polar surface area (TPSA) is 62.8 Å². The zero-order chi connectivity index (χ0) is 12.8. The highest BCUT2D eigenvalue weighted by Gasteiger charge is 2.17. The zero-order valence-corrected chi connectivity index (χ0v) is 10.6. The van der Waals surface area contributed by atoms with Crippen molar-refractivity contribution in [3.63, 3.8) is 0 Å². The van der Waals surface area contributed by atoms with E-state index in [0.717, 1.165) is 37.2 Å². The van der Waals surface area contributed by atoms with E-state index in [-0.39, 0.29) is 6.10 Å². The molecular weight excluding hydrogens is 232 g/mol. The van der Waals surface area contributed by atoms with E-state index in [9.17, 15) is 0 Å². The van der Waals surface area contributed by atoms with Crippen LogP contribution in [0.25, 0.3) is 0 Å². The minimum Gasteiger partial charge on any atom is -0.493 e. The van der Waals surface area contributed by atoms with Crippen molar-refractivity contribution in [2.24, 2.45) is 0 Å². The largest absolute Gasteiger partial charge is 0.493 e. The number of hydrogen-bond donors (Lipinski definition) is 3. The molecule has 1 fully saturated rings. The number of piperidine rings is 1. The lowest BCUT2D eigenvalue weighted by Crippen LogP contribution is -2.37. The summed E-state index contributed by atoms with van der Waals surface area (Å²) in [4.78, 5) is 0. The molecule has 18 heavy (non-hydrogen) atoms. The summed E-state index contributed by atoms with van der Waals surface area (Å²) in [7, 11) is 1.61. The van der Waals surface area contributed by atoms with Gasteiger partial charge in [0.2, 0.25) is 0 Å². The Morgan fingerprint density at radius 2 is 2.39 bits per heavy atom. The first-order valence-electron chi connectivity index (χ1n) is 6.25. The summed E-state index contributed by atoms with van der Waals surface area (Å²) in [6, 6.07) is 5.70. The van der Waals surface area contributed by atoms with E-state index in [1.165, 1.54) is 0 Å². The number of methoxy groups -OCH3 is 1. The molecular formula is C13H20N2O3. The first-order chi connectivity index (χ1) is 8.85. The van der Waals surface area contributed by atoms with Crippen molar-refractivity contribution in [1.29, 1.82) is 0 Å². The maximum absolute atomic E-state index is 8.80. The molecule has 1 unspecified atom stereocenters. The molecule has 0 amide bonds. The van der Waals surface area contributed by atoms with Crippen LogP contribution in [0.5, 0.6) is 11.5 Å². The summed E-state index contributed by atoms with van der Waals surface area (Å²) >= 11 is 0. The third-order valence-corrected chi connectivity index (χ3v) is 3.08. The Kier molecular flexibility index (Phi) is 4.81. The Morgan fingerprint density at radius 3 is 3.06 bits per heavy atom. The van der Waals surface area contributed by atoms with E-state index >= 15 is 0 Å². The van der Waals surface area contributed by atoms with E-state index in [1.807, 2.05) is 18.2 Å². The van der Waals surface area contributed by atoms with Gasteiger partial charge in [-0.1, -0.05) is 12.1 Å². The van der Waals surface area contributed by atoms with Gasteiger partial charge >= 0.3 is 0 Å². The van der Waals surface area contributed by atoms with Gasteiger partial charge in [-0.2, -0.15) is 0 Å². The quantitative estimate of drug-likeness (QED) is 0.690. The summed E-state index contributed by atoms with van der Waals surface area (Å²) in [6.07, 6.45) is 2.37. The molecule has 1 aromatic rings. The highest BCUT2D eigenvalue weighted by Crippen LogP contribution is 2.32. The van der Waals surface area contributed by atoms with Gasteiger partial charge in [-0.15, -0.1) is 0 Å². The van der Waals surface area contributed by atoms with Gasteiger partial charge in [0.25, 0.3) is 0 Å². The highest BCUT2D eigenvalue weighted by atomic mass is 16.5. The van der Waals surface area contributed by atoms with Crippen molar-refractivity contribution in [3.05, 3.63) is 23.8 Å². The molecule has 0 aliphatic carbocycles. The van der Waals surface area contributed by atoms with Crippen molar-refractivity contribution in [3.8, 4) is 11.5 Å². The van der Waals surface area contributed by atoms with Gasteiger partial charge in [0.05, 0.1) is 7.11 Å². The van der Waals surface area contributed by atoms with Crippen LogP contribution in [0.3, 0.4) is 0 Å². The molecule has 1 atom stereocenters. The van der Waals surface area contributed by atoms with Crippen LogP contribution in [0.15, 0.2) is 18.2 Å². The normalized spacial score (nSPS) is 19.6. The molecule has 0 aromatic heterocycles. The Bertz CT molecular complexity index is 378. The van der Waals surface area contributed by atoms with E-state index in [0.29, 0.717) is 12.3 Å². The van der Waals surface area contributed by atoms with Crippen LogP contribution < -0.4 is 20.3 Å². The van der Waals surface area contributed by atoms with Gasteiger partial charge in [-0.05, 0) is 25.5 Å². The Balaban J connectivity index is 2.12. The monoisotopic (exact) mass is 252 g/mol. The number of hydrogen-bond acceptors (Lipinski definition) is 5. The van der Waals surface area contributed by atoms with Crippen molar-refractivity contribution in [1.82, 2.24) is 10.8 Å². The van der Waals surface area contributed by atoms with Gasteiger partial charge in [0.1, 0.15) is 6.10 Å². The minimum absolute atomic E-state index is 0.185. The third kappa shape index (κ3) is 3.13. The molecule has 100 valence electrons. The first kappa shape index (κ1) is 13.1. The lowest BCUT2D eigenvalue weighted by Gasteiger charge is -2.25. The number of para-hydroxylation sites is 1. The van der Waals surface area contributed by atoms with Crippen molar-refractivity contribution in [2.75, 3.05) is 20.2 Å². The predicted molar refractivity (Wildman–Crippen MR) is 68.1 cm³/mol. The van der Waals surface area contributed by atoms with Gasteiger partial charge < -0.3 is 20.0 Å². The summed E-state index contributed by atoms with van der Waals surface area (Å²) < 4.78 is 11.3. The van der Waals surface area contributed by atoms with Crippen molar-refractivity contribution < 1.29 is 14.7 Å². The molecule has 1 heterocycles. The molecule has 1 aromatic carbocycles. The molecule has 0 spiro atoms. The molecule has 3 N–H and O–H groups in total. The van der Waals surface area contributed by atoms with Crippen LogP contribution in [0.4, 0.5) is 0 Å². The fourth-order valence-electron chi connectivity index (χ4n) is 2.21. The maximum Gasteiger partial charge on any atom is 0.165 e. The van der Waals surface area contributed by atoms with Gasteiger partial charge in [-0.3, -0.25) is 0 Å². The summed E-state index contributed by atoms with van der Waals surface area (Å²) in [5, 5.41) is 12.1. The Labute approximate surface area is 107 Å². The van der Waals surface area contributed by atoms with Crippen LogP contribution >= 0.6 is 0 Å². The highest BCUT2D eigenvalue weighted by molar-refractivity contribution is 5.46. The van der Waals surface area contributed by atoms with E-state index < -0.39 is 0 Å². The van der Waals surface area contributed by atoms with E-state index in [1.54, 1.807) is 7.11 Å². The van der Waals surface area contributed by atoms with Gasteiger partial charge in [0.15, 0.2) is 11.5 Å². The molecule has 1 saturated heterocycles. The molecule has 1 aliphatic rings. The molecule has 5 heteroatoms. The maximum atomic E-state index is 8.80. The molecule has 0 radical (unpaired) electrons.